The van der Waals surface area contributed by atoms with Gasteiger partial charge in [0, 0.05) is 17.6 Å². The summed E-state index contributed by atoms with van der Waals surface area (Å²) in [5.41, 5.74) is 7.50. The average molecular weight is 217 g/mol. The first-order valence-corrected chi connectivity index (χ1v) is 5.21. The van der Waals surface area contributed by atoms with Crippen LogP contribution in [0.1, 0.15) is 0 Å². The molecule has 2 N–H and O–H groups in total. The van der Waals surface area contributed by atoms with Gasteiger partial charge in [0.2, 0.25) is 0 Å². The van der Waals surface area contributed by atoms with Crippen LogP contribution in [0.3, 0.4) is 0 Å². The number of anilines is 1. The van der Waals surface area contributed by atoms with Gasteiger partial charge >= 0.3 is 0 Å². The van der Waals surface area contributed by atoms with Gasteiger partial charge in [-0.1, -0.05) is 5.16 Å². The molecule has 5 heteroatoms. The maximum absolute atomic E-state index is 6.02. The first kappa shape index (κ1) is 8.43. The molecule has 0 aliphatic carbocycles. The molecule has 4 nitrogen and oxygen atoms in total. The molecule has 0 amide bonds. The number of nitrogen functional groups attached to an aromatic ring is 1. The Hall–Kier alpha value is -1.88. The number of hydrogen-bond donors (Lipinski definition) is 1. The number of thiophene rings is 1. The minimum atomic E-state index is 0.719. The second-order valence-electron chi connectivity index (χ2n) is 3.09. The zero-order chi connectivity index (χ0) is 10.3. The summed E-state index contributed by atoms with van der Waals surface area (Å²) in [6.45, 7) is 0. The molecule has 3 rings (SSSR count). The number of pyridine rings is 1. The predicted molar refractivity (Wildman–Crippen MR) is 59.5 cm³/mol. The van der Waals surface area contributed by atoms with E-state index in [1.54, 1.807) is 12.3 Å². The highest BCUT2D eigenvalue weighted by atomic mass is 32.1. The second kappa shape index (κ2) is 3.06. The fraction of sp³-hybridized carbons (Fsp3) is 0. The Bertz CT molecular complexity index is 600. The SMILES string of the molecule is Nc1c(-c2ccon2)sc2ncccc12. The Balaban J connectivity index is 2.33. The third-order valence-corrected chi connectivity index (χ3v) is 3.33. The molecule has 3 heterocycles. The smallest absolute Gasteiger partial charge is 0.126 e. The minimum Gasteiger partial charge on any atom is -0.397 e. The highest BCUT2D eigenvalue weighted by Gasteiger charge is 2.13. The van der Waals surface area contributed by atoms with Gasteiger partial charge in [0.05, 0.1) is 10.6 Å². The summed E-state index contributed by atoms with van der Waals surface area (Å²) in [5, 5.41) is 4.84. The minimum absolute atomic E-state index is 0.719. The number of hydrogen-bond acceptors (Lipinski definition) is 5. The molecule has 0 saturated heterocycles. The summed E-state index contributed by atoms with van der Waals surface area (Å²) in [5.74, 6) is 0. The van der Waals surface area contributed by atoms with Crippen molar-refractivity contribution >= 4 is 27.2 Å². The van der Waals surface area contributed by atoms with Crippen LogP contribution in [0.2, 0.25) is 0 Å². The zero-order valence-corrected chi connectivity index (χ0v) is 8.49. The molecule has 0 atom stereocenters. The zero-order valence-electron chi connectivity index (χ0n) is 7.68. The lowest BCUT2D eigenvalue weighted by Crippen LogP contribution is -1.85. The summed E-state index contributed by atoms with van der Waals surface area (Å²) in [6.07, 6.45) is 3.29. The number of rotatable bonds is 1. The maximum atomic E-state index is 6.02. The van der Waals surface area contributed by atoms with Crippen LogP contribution >= 0.6 is 11.3 Å². The monoisotopic (exact) mass is 217 g/mol. The van der Waals surface area contributed by atoms with Crippen molar-refractivity contribution in [3.63, 3.8) is 0 Å². The first-order valence-electron chi connectivity index (χ1n) is 4.40. The first-order chi connectivity index (χ1) is 7.36. The van der Waals surface area contributed by atoms with Crippen molar-refractivity contribution in [2.75, 3.05) is 5.73 Å². The van der Waals surface area contributed by atoms with Crippen molar-refractivity contribution < 1.29 is 4.52 Å². The Morgan fingerprint density at radius 3 is 3.00 bits per heavy atom. The summed E-state index contributed by atoms with van der Waals surface area (Å²) in [4.78, 5) is 6.09. The molecule has 0 spiro atoms. The van der Waals surface area contributed by atoms with Crippen LogP contribution in [0, 0.1) is 0 Å². The Labute approximate surface area is 89.3 Å². The molecule has 3 aromatic rings. The van der Waals surface area contributed by atoms with Crippen LogP contribution < -0.4 is 5.73 Å². The van der Waals surface area contributed by atoms with E-state index in [2.05, 4.69) is 10.1 Å². The Morgan fingerprint density at radius 1 is 1.33 bits per heavy atom. The van der Waals surface area contributed by atoms with E-state index in [9.17, 15) is 0 Å². The lowest BCUT2D eigenvalue weighted by molar-refractivity contribution is 0.422. The molecule has 3 aromatic heterocycles. The van der Waals surface area contributed by atoms with Gasteiger partial charge in [-0.2, -0.15) is 0 Å². The number of nitrogens with two attached hydrogens (primary N) is 1. The largest absolute Gasteiger partial charge is 0.397 e. The maximum Gasteiger partial charge on any atom is 0.126 e. The number of aromatic nitrogens is 2. The molecule has 0 unspecified atom stereocenters. The Kier molecular flexibility index (Phi) is 1.72. The topological polar surface area (TPSA) is 64.9 Å². The molecular formula is C10H7N3OS. The van der Waals surface area contributed by atoms with Gasteiger partial charge in [0.15, 0.2) is 0 Å². The molecule has 15 heavy (non-hydrogen) atoms. The molecule has 0 aliphatic heterocycles. The lowest BCUT2D eigenvalue weighted by Gasteiger charge is -1.91. The Morgan fingerprint density at radius 2 is 2.27 bits per heavy atom. The van der Waals surface area contributed by atoms with Crippen molar-refractivity contribution in [1.82, 2.24) is 10.1 Å². The highest BCUT2D eigenvalue weighted by molar-refractivity contribution is 7.22. The summed E-state index contributed by atoms with van der Waals surface area (Å²) in [6, 6.07) is 5.62. The fourth-order valence-corrected chi connectivity index (χ4v) is 2.50. The molecule has 0 radical (unpaired) electrons. The van der Waals surface area contributed by atoms with Crippen LogP contribution in [0.5, 0.6) is 0 Å². The van der Waals surface area contributed by atoms with Crippen LogP contribution in [0.15, 0.2) is 35.2 Å². The van der Waals surface area contributed by atoms with Crippen LogP contribution in [-0.4, -0.2) is 10.1 Å². The van der Waals surface area contributed by atoms with Gasteiger partial charge in [0.25, 0.3) is 0 Å². The van der Waals surface area contributed by atoms with Crippen LogP contribution in [0.25, 0.3) is 20.8 Å². The summed E-state index contributed by atoms with van der Waals surface area (Å²) >= 11 is 1.52. The molecular weight excluding hydrogens is 210 g/mol. The van der Waals surface area contributed by atoms with Gasteiger partial charge in [0.1, 0.15) is 16.8 Å². The van der Waals surface area contributed by atoms with Crippen molar-refractivity contribution in [2.24, 2.45) is 0 Å². The van der Waals surface area contributed by atoms with E-state index in [4.69, 9.17) is 10.3 Å². The second-order valence-corrected chi connectivity index (χ2v) is 4.08. The van der Waals surface area contributed by atoms with E-state index >= 15 is 0 Å². The number of nitrogens with zero attached hydrogens (tertiary/aromatic N) is 2. The van der Waals surface area contributed by atoms with Crippen molar-refractivity contribution in [3.8, 4) is 10.6 Å². The normalized spacial score (nSPS) is 10.9. The predicted octanol–water partition coefficient (Wildman–Crippen LogP) is 2.53. The molecule has 0 fully saturated rings. The standard InChI is InChI=1S/C10H7N3OS/c11-8-6-2-1-4-12-10(6)15-9(8)7-3-5-14-13-7/h1-5H,11H2. The van der Waals surface area contributed by atoms with Crippen molar-refractivity contribution in [1.29, 1.82) is 0 Å². The molecule has 0 aromatic carbocycles. The third-order valence-electron chi connectivity index (χ3n) is 2.18. The summed E-state index contributed by atoms with van der Waals surface area (Å²) in [7, 11) is 0. The van der Waals surface area contributed by atoms with E-state index in [-0.39, 0.29) is 0 Å². The fourth-order valence-electron chi connectivity index (χ4n) is 1.47. The number of fused-ring (bicyclic) bond motifs is 1. The van der Waals surface area contributed by atoms with Gasteiger partial charge in [-0.3, -0.25) is 0 Å². The van der Waals surface area contributed by atoms with E-state index in [0.29, 0.717) is 0 Å². The summed E-state index contributed by atoms with van der Waals surface area (Å²) < 4.78 is 4.80. The molecule has 0 bridgehead atoms. The van der Waals surface area contributed by atoms with Gasteiger partial charge in [-0.15, -0.1) is 11.3 Å². The van der Waals surface area contributed by atoms with Crippen molar-refractivity contribution in [2.45, 2.75) is 0 Å². The molecule has 0 aliphatic rings. The van der Waals surface area contributed by atoms with Crippen LogP contribution in [0.4, 0.5) is 5.69 Å². The third kappa shape index (κ3) is 1.20. The average Bonchev–Trinajstić information content (AvgIpc) is 2.87. The molecule has 74 valence electrons. The molecule has 0 saturated carbocycles. The lowest BCUT2D eigenvalue weighted by atomic mass is 10.2. The van der Waals surface area contributed by atoms with Gasteiger partial charge in [-0.25, -0.2) is 4.98 Å². The van der Waals surface area contributed by atoms with Crippen molar-refractivity contribution in [3.05, 3.63) is 30.7 Å². The van der Waals surface area contributed by atoms with Crippen LogP contribution in [-0.2, 0) is 0 Å². The highest BCUT2D eigenvalue weighted by Crippen LogP contribution is 2.38. The van der Waals surface area contributed by atoms with Gasteiger partial charge < -0.3 is 10.3 Å². The van der Waals surface area contributed by atoms with E-state index < -0.39 is 0 Å². The van der Waals surface area contributed by atoms with Gasteiger partial charge in [-0.05, 0) is 12.1 Å². The van der Waals surface area contributed by atoms with E-state index in [1.807, 2.05) is 12.1 Å². The quantitative estimate of drug-likeness (QED) is 0.680. The van der Waals surface area contributed by atoms with E-state index in [0.717, 1.165) is 26.5 Å². The van der Waals surface area contributed by atoms with E-state index in [1.165, 1.54) is 17.6 Å².